The third-order valence-corrected chi connectivity index (χ3v) is 8.60. The van der Waals surface area contributed by atoms with E-state index in [0.717, 1.165) is 41.9 Å². The van der Waals surface area contributed by atoms with Gasteiger partial charge in [-0.15, -0.1) is 23.2 Å². The highest BCUT2D eigenvalue weighted by Gasteiger charge is 2.67. The molecule has 5 nitrogen and oxygen atoms in total. The molecule has 2 saturated carbocycles. The Morgan fingerprint density at radius 3 is 2.39 bits per heavy atom. The highest BCUT2D eigenvalue weighted by Crippen LogP contribution is 2.64. The van der Waals surface area contributed by atoms with Gasteiger partial charge in [0.1, 0.15) is 21.9 Å². The number of halogens is 2. The molecule has 33 heavy (non-hydrogen) atoms. The molecule has 1 N–H and O–H groups in total. The first kappa shape index (κ1) is 22.8. The van der Waals surface area contributed by atoms with Crippen molar-refractivity contribution in [3.63, 3.8) is 0 Å². The first-order chi connectivity index (χ1) is 15.8. The van der Waals surface area contributed by atoms with E-state index in [1.807, 2.05) is 36.4 Å². The molecule has 2 aliphatic carbocycles. The standard InChI is InChI=1S/C26H29Cl2NO4/c1-25(14-26(25,27)28)24(30)29-16-8-6-7-15(13-16)23-22-20(32-3)12-11-19(31-2)21(22)17-9-4-5-10-18(17)33-23/h6-8,11-13,17-18,23H,4-5,9-10,14H2,1-3H3,(H,29,30)/t17-,18+,23-,25-/m1/s1. The van der Waals surface area contributed by atoms with E-state index in [1.165, 1.54) is 12.0 Å². The van der Waals surface area contributed by atoms with Crippen LogP contribution in [0.1, 0.15) is 67.7 Å². The highest BCUT2D eigenvalue weighted by molar-refractivity contribution is 6.53. The van der Waals surface area contributed by atoms with Crippen LogP contribution in [-0.2, 0) is 9.53 Å². The zero-order chi connectivity index (χ0) is 23.4. The molecule has 3 aliphatic rings. The summed E-state index contributed by atoms with van der Waals surface area (Å²) < 4.78 is 17.3. The molecule has 1 aliphatic heterocycles. The van der Waals surface area contributed by atoms with Gasteiger partial charge >= 0.3 is 0 Å². The van der Waals surface area contributed by atoms with E-state index in [9.17, 15) is 4.79 Å². The lowest BCUT2D eigenvalue weighted by molar-refractivity contribution is -0.120. The van der Waals surface area contributed by atoms with Crippen LogP contribution in [0.15, 0.2) is 36.4 Å². The van der Waals surface area contributed by atoms with Crippen molar-refractivity contribution in [2.45, 2.75) is 61.5 Å². The maximum absolute atomic E-state index is 12.8. The van der Waals surface area contributed by atoms with Crippen LogP contribution in [-0.4, -0.2) is 30.6 Å². The Kier molecular flexibility index (Phi) is 5.79. The Hall–Kier alpha value is -1.95. The summed E-state index contributed by atoms with van der Waals surface area (Å²) in [4.78, 5) is 12.8. The van der Waals surface area contributed by atoms with E-state index in [2.05, 4.69) is 5.32 Å². The first-order valence-electron chi connectivity index (χ1n) is 11.5. The van der Waals surface area contributed by atoms with Gasteiger partial charge in [-0.05, 0) is 56.0 Å². The summed E-state index contributed by atoms with van der Waals surface area (Å²) in [6.45, 7) is 1.78. The lowest BCUT2D eigenvalue weighted by atomic mass is 9.75. The third kappa shape index (κ3) is 3.78. The molecule has 5 rings (SSSR count). The highest BCUT2D eigenvalue weighted by atomic mass is 35.5. The normalized spacial score (nSPS) is 29.4. The molecule has 0 radical (unpaired) electrons. The molecule has 176 valence electrons. The van der Waals surface area contributed by atoms with Gasteiger partial charge in [-0.1, -0.05) is 25.0 Å². The van der Waals surface area contributed by atoms with Crippen LogP contribution in [0.2, 0.25) is 0 Å². The van der Waals surface area contributed by atoms with E-state index < -0.39 is 9.75 Å². The van der Waals surface area contributed by atoms with Gasteiger partial charge < -0.3 is 19.5 Å². The van der Waals surface area contributed by atoms with E-state index >= 15 is 0 Å². The van der Waals surface area contributed by atoms with Crippen LogP contribution in [0.25, 0.3) is 0 Å². The van der Waals surface area contributed by atoms with Crippen molar-refractivity contribution in [2.24, 2.45) is 5.41 Å². The molecule has 7 heteroatoms. The zero-order valence-corrected chi connectivity index (χ0v) is 20.6. The summed E-state index contributed by atoms with van der Waals surface area (Å²) in [5, 5.41) is 2.99. The quantitative estimate of drug-likeness (QED) is 0.495. The number of alkyl halides is 2. The minimum absolute atomic E-state index is 0.119. The summed E-state index contributed by atoms with van der Waals surface area (Å²) in [7, 11) is 3.40. The predicted octanol–water partition coefficient (Wildman–Crippen LogP) is 6.37. The minimum Gasteiger partial charge on any atom is -0.496 e. The Morgan fingerprint density at radius 1 is 1.06 bits per heavy atom. The van der Waals surface area contributed by atoms with Crippen molar-refractivity contribution in [2.75, 3.05) is 19.5 Å². The number of nitrogens with one attached hydrogen (secondary N) is 1. The van der Waals surface area contributed by atoms with Gasteiger partial charge in [-0.2, -0.15) is 0 Å². The number of fused-ring (bicyclic) bond motifs is 3. The van der Waals surface area contributed by atoms with Crippen LogP contribution >= 0.6 is 23.2 Å². The molecule has 2 aromatic carbocycles. The molecule has 1 heterocycles. The molecule has 0 saturated heterocycles. The second-order valence-electron chi connectivity index (χ2n) is 9.54. The number of amides is 1. The van der Waals surface area contributed by atoms with Crippen LogP contribution in [0.3, 0.4) is 0 Å². The van der Waals surface area contributed by atoms with Crippen molar-refractivity contribution in [1.82, 2.24) is 0 Å². The number of anilines is 1. The largest absolute Gasteiger partial charge is 0.496 e. The summed E-state index contributed by atoms with van der Waals surface area (Å²) in [5.41, 5.74) is 3.05. The van der Waals surface area contributed by atoms with E-state index in [4.69, 9.17) is 37.4 Å². The molecular weight excluding hydrogens is 461 g/mol. The second-order valence-corrected chi connectivity index (χ2v) is 11.0. The fourth-order valence-corrected chi connectivity index (χ4v) is 6.08. The van der Waals surface area contributed by atoms with Crippen LogP contribution < -0.4 is 14.8 Å². The minimum atomic E-state index is -1.01. The van der Waals surface area contributed by atoms with Crippen molar-refractivity contribution >= 4 is 34.8 Å². The molecule has 1 amide bonds. The van der Waals surface area contributed by atoms with Gasteiger partial charge in [0, 0.05) is 22.7 Å². The summed E-state index contributed by atoms with van der Waals surface area (Å²) >= 11 is 12.4. The van der Waals surface area contributed by atoms with Gasteiger partial charge in [0.05, 0.1) is 25.7 Å². The number of ether oxygens (including phenoxy) is 3. The van der Waals surface area contributed by atoms with Crippen molar-refractivity contribution in [3.8, 4) is 11.5 Å². The summed E-state index contributed by atoms with van der Waals surface area (Å²) in [6, 6.07) is 11.7. The van der Waals surface area contributed by atoms with Crippen LogP contribution in [0.5, 0.6) is 11.5 Å². The maximum Gasteiger partial charge on any atom is 0.233 e. The molecule has 0 spiro atoms. The lowest BCUT2D eigenvalue weighted by Gasteiger charge is -2.42. The van der Waals surface area contributed by atoms with Crippen molar-refractivity contribution in [3.05, 3.63) is 53.1 Å². The van der Waals surface area contributed by atoms with Gasteiger partial charge in [0.25, 0.3) is 0 Å². The van der Waals surface area contributed by atoms with E-state index in [1.54, 1.807) is 21.1 Å². The average Bonchev–Trinajstić information content (AvgIpc) is 3.36. The second kappa shape index (κ2) is 8.37. The molecule has 4 atom stereocenters. The number of rotatable bonds is 5. The fraction of sp³-hybridized carbons (Fsp3) is 0.500. The Bertz CT molecular complexity index is 1090. The molecule has 2 fully saturated rings. The smallest absolute Gasteiger partial charge is 0.233 e. The molecule has 0 aromatic heterocycles. The maximum atomic E-state index is 12.8. The molecule has 0 bridgehead atoms. The molecule has 0 unspecified atom stereocenters. The monoisotopic (exact) mass is 489 g/mol. The predicted molar refractivity (Wildman–Crippen MR) is 130 cm³/mol. The van der Waals surface area contributed by atoms with E-state index in [-0.39, 0.29) is 24.0 Å². The number of hydrogen-bond acceptors (Lipinski definition) is 4. The van der Waals surface area contributed by atoms with Gasteiger partial charge in [-0.3, -0.25) is 4.79 Å². The third-order valence-electron chi connectivity index (χ3n) is 7.50. The molecule has 2 aromatic rings. The Morgan fingerprint density at radius 2 is 1.73 bits per heavy atom. The topological polar surface area (TPSA) is 56.8 Å². The number of benzene rings is 2. The van der Waals surface area contributed by atoms with Gasteiger partial charge in [-0.25, -0.2) is 0 Å². The van der Waals surface area contributed by atoms with Crippen LogP contribution in [0, 0.1) is 5.41 Å². The molecular formula is C26H29Cl2NO4. The Balaban J connectivity index is 1.54. The SMILES string of the molecule is COc1ccc(OC)c2c1[C@@H](c1cccc(NC(=O)[C@@]3(C)CC3(Cl)Cl)c1)O[C@H]1CCCC[C@@H]21. The zero-order valence-electron chi connectivity index (χ0n) is 19.1. The first-order valence-corrected chi connectivity index (χ1v) is 12.2. The van der Waals surface area contributed by atoms with Crippen molar-refractivity contribution in [1.29, 1.82) is 0 Å². The van der Waals surface area contributed by atoms with Crippen LogP contribution in [0.4, 0.5) is 5.69 Å². The van der Waals surface area contributed by atoms with Crippen molar-refractivity contribution < 1.29 is 19.0 Å². The fourth-order valence-electron chi connectivity index (χ4n) is 5.38. The summed E-state index contributed by atoms with van der Waals surface area (Å²) in [5.74, 6) is 1.77. The summed E-state index contributed by atoms with van der Waals surface area (Å²) in [6.07, 6.45) is 4.66. The van der Waals surface area contributed by atoms with Gasteiger partial charge in [0.2, 0.25) is 5.91 Å². The number of carbonyl (C=O) groups excluding carboxylic acids is 1. The van der Waals surface area contributed by atoms with Gasteiger partial charge in [0.15, 0.2) is 0 Å². The lowest BCUT2D eigenvalue weighted by Crippen LogP contribution is -2.34. The van der Waals surface area contributed by atoms with E-state index in [0.29, 0.717) is 12.1 Å². The average molecular weight is 490 g/mol. The number of methoxy groups -OCH3 is 2. The Labute approximate surface area is 204 Å². The number of hydrogen-bond donors (Lipinski definition) is 1. The number of carbonyl (C=O) groups is 1.